The van der Waals surface area contributed by atoms with Crippen LogP contribution in [0.3, 0.4) is 0 Å². The first-order valence-electron chi connectivity index (χ1n) is 6.82. The maximum atomic E-state index is 12.6. The molecule has 2 heterocycles. The van der Waals surface area contributed by atoms with Crippen molar-refractivity contribution in [3.8, 4) is 6.07 Å². The molecule has 0 aliphatic carbocycles. The van der Waals surface area contributed by atoms with Gasteiger partial charge in [-0.25, -0.2) is 8.42 Å². The molecular formula is C15H16N2O2S. The average Bonchev–Trinajstić information content (AvgIpc) is 2.64. The van der Waals surface area contributed by atoms with Crippen molar-refractivity contribution in [1.82, 2.24) is 0 Å². The van der Waals surface area contributed by atoms with Gasteiger partial charge in [-0.05, 0) is 43.9 Å². The number of hydrogen-bond acceptors (Lipinski definition) is 4. The monoisotopic (exact) mass is 288 g/mol. The van der Waals surface area contributed by atoms with Crippen LogP contribution in [-0.2, 0) is 9.84 Å². The minimum Gasteiger partial charge on any atom is -0.342 e. The van der Waals surface area contributed by atoms with Crippen molar-refractivity contribution in [3.05, 3.63) is 34.4 Å². The zero-order valence-corrected chi connectivity index (χ0v) is 12.2. The second-order valence-corrected chi connectivity index (χ2v) is 7.18. The first kappa shape index (κ1) is 13.2. The smallest absolute Gasteiger partial charge is 0.220 e. The molecule has 3 rings (SSSR count). The second-order valence-electron chi connectivity index (χ2n) is 5.32. The summed E-state index contributed by atoms with van der Waals surface area (Å²) in [7, 11) is -3.66. The molecule has 1 saturated heterocycles. The molecule has 2 aliphatic rings. The van der Waals surface area contributed by atoms with E-state index in [9.17, 15) is 13.7 Å². The van der Waals surface area contributed by atoms with Crippen LogP contribution in [0, 0.1) is 18.3 Å². The molecule has 4 nitrogen and oxygen atoms in total. The highest BCUT2D eigenvalue weighted by Crippen LogP contribution is 2.41. The van der Waals surface area contributed by atoms with Crippen molar-refractivity contribution in [2.24, 2.45) is 0 Å². The summed E-state index contributed by atoms with van der Waals surface area (Å²) in [5.41, 5.74) is 2.45. The lowest BCUT2D eigenvalue weighted by Crippen LogP contribution is -2.30. The number of fused-ring (bicyclic) bond motifs is 3. The van der Waals surface area contributed by atoms with Gasteiger partial charge in [0.25, 0.3) is 0 Å². The van der Waals surface area contributed by atoms with Gasteiger partial charge in [0.05, 0.1) is 10.6 Å². The Kier molecular flexibility index (Phi) is 3.06. The molecule has 0 saturated carbocycles. The summed E-state index contributed by atoms with van der Waals surface area (Å²) in [4.78, 5) is 2.25. The maximum absolute atomic E-state index is 12.6. The summed E-state index contributed by atoms with van der Waals surface area (Å²) in [5.74, 6) is 0. The summed E-state index contributed by atoms with van der Waals surface area (Å²) >= 11 is 0. The second kappa shape index (κ2) is 4.64. The maximum Gasteiger partial charge on any atom is 0.220 e. The van der Waals surface area contributed by atoms with Crippen molar-refractivity contribution >= 4 is 15.5 Å². The van der Waals surface area contributed by atoms with E-state index in [0.29, 0.717) is 12.1 Å². The number of rotatable bonds is 0. The molecular weight excluding hydrogens is 272 g/mol. The Labute approximate surface area is 119 Å². The molecule has 0 atom stereocenters. The van der Waals surface area contributed by atoms with Crippen LogP contribution in [0.2, 0.25) is 0 Å². The van der Waals surface area contributed by atoms with Gasteiger partial charge in [-0.2, -0.15) is 5.26 Å². The van der Waals surface area contributed by atoms with Gasteiger partial charge in [0.15, 0.2) is 4.91 Å². The molecule has 1 fully saturated rings. The van der Waals surface area contributed by atoms with Crippen LogP contribution >= 0.6 is 0 Å². The van der Waals surface area contributed by atoms with E-state index in [2.05, 4.69) is 0 Å². The fraction of sp³-hybridized carbons (Fsp3) is 0.400. The van der Waals surface area contributed by atoms with Gasteiger partial charge in [0, 0.05) is 12.2 Å². The summed E-state index contributed by atoms with van der Waals surface area (Å²) in [6, 6.07) is 7.25. The van der Waals surface area contributed by atoms with Gasteiger partial charge < -0.3 is 4.90 Å². The van der Waals surface area contributed by atoms with E-state index in [-0.39, 0.29) is 9.80 Å². The predicted octanol–water partition coefficient (Wildman–Crippen LogP) is 2.90. The summed E-state index contributed by atoms with van der Waals surface area (Å²) < 4.78 is 25.2. The molecule has 0 N–H and O–H groups in total. The quantitative estimate of drug-likeness (QED) is 0.736. The molecule has 2 aliphatic heterocycles. The van der Waals surface area contributed by atoms with Crippen LogP contribution in [0.15, 0.2) is 33.7 Å². The third kappa shape index (κ3) is 1.83. The van der Waals surface area contributed by atoms with Crippen LogP contribution in [0.25, 0.3) is 0 Å². The lowest BCUT2D eigenvalue weighted by Gasteiger charge is -2.32. The molecule has 1 aromatic carbocycles. The number of aryl methyl sites for hydroxylation is 1. The van der Waals surface area contributed by atoms with E-state index in [1.54, 1.807) is 12.1 Å². The van der Waals surface area contributed by atoms with E-state index < -0.39 is 9.84 Å². The standard InChI is InChI=1S/C15H16N2O2S/c1-11-6-7-14-13(9-11)17-8-4-2-3-5-12(17)15(10-16)20(14,18)19/h6-7,9H,2-5,8H2,1H3. The van der Waals surface area contributed by atoms with E-state index in [1.165, 1.54) is 0 Å². The van der Waals surface area contributed by atoms with Gasteiger partial charge >= 0.3 is 0 Å². The third-order valence-electron chi connectivity index (χ3n) is 3.95. The number of nitrogens with zero attached hydrogens (tertiary/aromatic N) is 2. The molecule has 0 radical (unpaired) electrons. The highest BCUT2D eigenvalue weighted by molar-refractivity contribution is 7.95. The van der Waals surface area contributed by atoms with Crippen LogP contribution in [0.5, 0.6) is 0 Å². The number of nitriles is 1. The Morgan fingerprint density at radius 1 is 1.25 bits per heavy atom. The molecule has 0 spiro atoms. The van der Waals surface area contributed by atoms with Crippen molar-refractivity contribution in [2.75, 3.05) is 11.4 Å². The molecule has 1 aromatic rings. The van der Waals surface area contributed by atoms with E-state index in [0.717, 1.165) is 37.1 Å². The minimum absolute atomic E-state index is 0.0595. The first-order chi connectivity index (χ1) is 9.55. The Morgan fingerprint density at radius 2 is 2.05 bits per heavy atom. The van der Waals surface area contributed by atoms with Gasteiger partial charge in [-0.15, -0.1) is 0 Å². The van der Waals surface area contributed by atoms with Crippen molar-refractivity contribution in [1.29, 1.82) is 5.26 Å². The largest absolute Gasteiger partial charge is 0.342 e. The first-order valence-corrected chi connectivity index (χ1v) is 8.30. The molecule has 5 heteroatoms. The lowest BCUT2D eigenvalue weighted by molar-refractivity contribution is 0.600. The zero-order valence-electron chi connectivity index (χ0n) is 11.4. The Hall–Kier alpha value is -1.80. The minimum atomic E-state index is -3.66. The summed E-state index contributed by atoms with van der Waals surface area (Å²) in [6.45, 7) is 2.74. The van der Waals surface area contributed by atoms with E-state index in [4.69, 9.17) is 0 Å². The number of allylic oxidation sites excluding steroid dienone is 2. The normalized spacial score (nSPS) is 20.7. The van der Waals surface area contributed by atoms with Crippen LogP contribution in [0.1, 0.15) is 31.2 Å². The van der Waals surface area contributed by atoms with E-state index in [1.807, 2.05) is 24.0 Å². The third-order valence-corrected chi connectivity index (χ3v) is 5.74. The number of benzene rings is 1. The Balaban J connectivity index is 2.33. The van der Waals surface area contributed by atoms with E-state index >= 15 is 0 Å². The number of hydrogen-bond donors (Lipinski definition) is 0. The molecule has 0 unspecified atom stereocenters. The number of anilines is 1. The summed E-state index contributed by atoms with van der Waals surface area (Å²) in [5, 5.41) is 9.32. The molecule has 0 aromatic heterocycles. The SMILES string of the molecule is Cc1ccc2c(c1)N1CCCCCC1=C(C#N)S2(=O)=O. The van der Waals surface area contributed by atoms with Crippen molar-refractivity contribution < 1.29 is 8.42 Å². The number of sulfone groups is 1. The fourth-order valence-electron chi connectivity index (χ4n) is 2.97. The fourth-order valence-corrected chi connectivity index (χ4v) is 4.52. The molecule has 104 valence electrons. The van der Waals surface area contributed by atoms with Crippen LogP contribution < -0.4 is 4.90 Å². The van der Waals surface area contributed by atoms with Gasteiger partial charge in [-0.1, -0.05) is 12.5 Å². The Morgan fingerprint density at radius 3 is 2.80 bits per heavy atom. The van der Waals surface area contributed by atoms with Gasteiger partial charge in [0.1, 0.15) is 6.07 Å². The molecule has 0 amide bonds. The Bertz CT molecular complexity index is 742. The van der Waals surface area contributed by atoms with Gasteiger partial charge in [0.2, 0.25) is 9.84 Å². The average molecular weight is 288 g/mol. The summed E-state index contributed by atoms with van der Waals surface area (Å²) in [6.07, 6.45) is 3.69. The lowest BCUT2D eigenvalue weighted by atomic mass is 10.1. The molecule has 20 heavy (non-hydrogen) atoms. The van der Waals surface area contributed by atoms with Crippen LogP contribution in [-0.4, -0.2) is 15.0 Å². The topological polar surface area (TPSA) is 61.2 Å². The highest BCUT2D eigenvalue weighted by Gasteiger charge is 2.36. The molecule has 0 bridgehead atoms. The van der Waals surface area contributed by atoms with Crippen LogP contribution in [0.4, 0.5) is 5.69 Å². The highest BCUT2D eigenvalue weighted by atomic mass is 32.2. The van der Waals surface area contributed by atoms with Crippen molar-refractivity contribution in [2.45, 2.75) is 37.5 Å². The predicted molar refractivity (Wildman–Crippen MR) is 76.8 cm³/mol. The van der Waals surface area contributed by atoms with Crippen molar-refractivity contribution in [3.63, 3.8) is 0 Å². The van der Waals surface area contributed by atoms with Gasteiger partial charge in [-0.3, -0.25) is 0 Å². The zero-order chi connectivity index (χ0) is 14.3.